The van der Waals surface area contributed by atoms with Gasteiger partial charge in [-0.05, 0) is 102 Å². The molecule has 258 valence electrons. The molecule has 55 heavy (non-hydrogen) atoms. The third-order valence-corrected chi connectivity index (χ3v) is 11.3. The third-order valence-electron chi connectivity index (χ3n) is 11.3. The van der Waals surface area contributed by atoms with Gasteiger partial charge < -0.3 is 0 Å². The van der Waals surface area contributed by atoms with Crippen molar-refractivity contribution in [3.63, 3.8) is 0 Å². The second-order valence-electron chi connectivity index (χ2n) is 14.9. The van der Waals surface area contributed by atoms with E-state index in [2.05, 4.69) is 153 Å². The van der Waals surface area contributed by atoms with Crippen molar-refractivity contribution in [1.82, 2.24) is 9.97 Å². The van der Waals surface area contributed by atoms with Crippen molar-refractivity contribution >= 4 is 21.5 Å². The van der Waals surface area contributed by atoms with Crippen LogP contribution in [-0.4, -0.2) is 9.97 Å². The van der Waals surface area contributed by atoms with E-state index in [9.17, 15) is 5.26 Å². The average molecular weight is 702 g/mol. The molecule has 3 heteroatoms. The highest BCUT2D eigenvalue weighted by Crippen LogP contribution is 2.54. The maximum absolute atomic E-state index is 9.33. The minimum absolute atomic E-state index is 0.122. The Bertz CT molecular complexity index is 3010. The van der Waals surface area contributed by atoms with E-state index >= 15 is 0 Å². The molecule has 0 fully saturated rings. The minimum Gasteiger partial charge on any atom is -0.228 e. The van der Waals surface area contributed by atoms with Crippen LogP contribution in [-0.2, 0) is 5.41 Å². The molecule has 8 aromatic carbocycles. The summed E-state index contributed by atoms with van der Waals surface area (Å²) in [5.74, 6) is 0.678. The Balaban J connectivity index is 1.15. The lowest BCUT2D eigenvalue weighted by molar-refractivity contribution is 0.661. The van der Waals surface area contributed by atoms with Gasteiger partial charge in [0.05, 0.1) is 23.0 Å². The van der Waals surface area contributed by atoms with Crippen LogP contribution in [0.15, 0.2) is 176 Å². The number of aromatic nitrogens is 2. The van der Waals surface area contributed by atoms with Crippen LogP contribution in [0.2, 0.25) is 0 Å². The Morgan fingerprint density at radius 3 is 1.85 bits per heavy atom. The zero-order valence-electron chi connectivity index (χ0n) is 30.6. The molecular formula is C52H35N3. The van der Waals surface area contributed by atoms with Crippen LogP contribution in [0.1, 0.15) is 30.5 Å². The molecule has 1 aliphatic carbocycles. The lowest BCUT2D eigenvalue weighted by Gasteiger charge is -2.22. The number of fused-ring (bicyclic) bond motifs is 5. The van der Waals surface area contributed by atoms with Crippen LogP contribution in [0.5, 0.6) is 0 Å². The molecule has 0 aliphatic heterocycles. The van der Waals surface area contributed by atoms with Crippen molar-refractivity contribution in [2.45, 2.75) is 19.3 Å². The lowest BCUT2D eigenvalue weighted by atomic mass is 9.81. The zero-order chi connectivity index (χ0) is 37.1. The number of hydrogen-bond acceptors (Lipinski definition) is 3. The van der Waals surface area contributed by atoms with Crippen molar-refractivity contribution in [1.29, 1.82) is 5.26 Å². The molecule has 1 aromatic heterocycles. The molecule has 9 aromatic rings. The zero-order valence-corrected chi connectivity index (χ0v) is 30.6. The predicted octanol–water partition coefficient (Wildman–Crippen LogP) is 13.3. The summed E-state index contributed by atoms with van der Waals surface area (Å²) in [5, 5.41) is 14.2. The van der Waals surface area contributed by atoms with E-state index in [1.807, 2.05) is 42.5 Å². The summed E-state index contributed by atoms with van der Waals surface area (Å²) in [6.07, 6.45) is 0. The van der Waals surface area contributed by atoms with E-state index in [-0.39, 0.29) is 5.41 Å². The Hall–Kier alpha value is -7.15. The van der Waals surface area contributed by atoms with Crippen LogP contribution in [0.25, 0.3) is 88.8 Å². The van der Waals surface area contributed by atoms with Gasteiger partial charge in [-0.1, -0.05) is 153 Å². The molecule has 1 heterocycles. The van der Waals surface area contributed by atoms with Crippen LogP contribution in [0.4, 0.5) is 0 Å². The molecule has 3 nitrogen and oxygen atoms in total. The monoisotopic (exact) mass is 701 g/mol. The van der Waals surface area contributed by atoms with Crippen LogP contribution < -0.4 is 0 Å². The Morgan fingerprint density at radius 2 is 1.07 bits per heavy atom. The molecule has 1 aliphatic rings. The first kappa shape index (κ1) is 32.5. The number of hydrogen-bond donors (Lipinski definition) is 0. The van der Waals surface area contributed by atoms with Gasteiger partial charge in [-0.25, -0.2) is 9.97 Å². The van der Waals surface area contributed by atoms with E-state index in [0.29, 0.717) is 11.4 Å². The fourth-order valence-corrected chi connectivity index (χ4v) is 8.50. The molecule has 0 bridgehead atoms. The highest BCUT2D eigenvalue weighted by atomic mass is 14.9. The maximum atomic E-state index is 9.33. The SMILES string of the molecule is CC1(C)c2cc3ccccc3cc2-c2c(-c3ccc(-c4cc(-c5cccc(-c6ccc(C#N)cc6)c5)nc(-c5ccccc5)n4)c4ccccc34)cccc21. The van der Waals surface area contributed by atoms with E-state index < -0.39 is 0 Å². The first-order valence-corrected chi connectivity index (χ1v) is 18.7. The van der Waals surface area contributed by atoms with Gasteiger partial charge in [-0.15, -0.1) is 0 Å². The third kappa shape index (κ3) is 5.42. The number of nitrogens with zero attached hydrogens (tertiary/aromatic N) is 3. The van der Waals surface area contributed by atoms with Gasteiger partial charge in [-0.2, -0.15) is 5.26 Å². The minimum atomic E-state index is -0.122. The highest BCUT2D eigenvalue weighted by molar-refractivity contribution is 6.08. The smallest absolute Gasteiger partial charge is 0.160 e. The summed E-state index contributed by atoms with van der Waals surface area (Å²) in [5.41, 5.74) is 15.2. The molecule has 0 unspecified atom stereocenters. The number of nitriles is 1. The summed E-state index contributed by atoms with van der Waals surface area (Å²) >= 11 is 0. The molecule has 0 radical (unpaired) electrons. The average Bonchev–Trinajstić information content (AvgIpc) is 3.47. The normalized spacial score (nSPS) is 12.7. The fourth-order valence-electron chi connectivity index (χ4n) is 8.50. The van der Waals surface area contributed by atoms with Crippen LogP contribution in [0, 0.1) is 11.3 Å². The highest BCUT2D eigenvalue weighted by Gasteiger charge is 2.37. The van der Waals surface area contributed by atoms with E-state index in [1.165, 1.54) is 49.5 Å². The van der Waals surface area contributed by atoms with Crippen LogP contribution in [0.3, 0.4) is 0 Å². The predicted molar refractivity (Wildman–Crippen MR) is 227 cm³/mol. The summed E-state index contributed by atoms with van der Waals surface area (Å²) in [6.45, 7) is 4.71. The lowest BCUT2D eigenvalue weighted by Crippen LogP contribution is -2.14. The summed E-state index contributed by atoms with van der Waals surface area (Å²) in [7, 11) is 0. The second-order valence-corrected chi connectivity index (χ2v) is 14.9. The van der Waals surface area contributed by atoms with E-state index in [4.69, 9.17) is 9.97 Å². The number of benzene rings is 8. The molecule has 0 atom stereocenters. The van der Waals surface area contributed by atoms with Crippen molar-refractivity contribution in [3.05, 3.63) is 193 Å². The molecule has 0 spiro atoms. The standard InChI is InChI=1S/C52H35N3/c1-52(2)46-21-11-20-44(50(46)45-29-37-14-6-7-15-38(37)30-47(45)52)42-26-27-43(41-19-9-8-18-40(41)42)49-31-48(54-51(55-49)35-12-4-3-5-13-35)39-17-10-16-36(28-39)34-24-22-33(32-53)23-25-34/h3-31H,1-2H3. The maximum Gasteiger partial charge on any atom is 0.160 e. The summed E-state index contributed by atoms with van der Waals surface area (Å²) < 4.78 is 0. The largest absolute Gasteiger partial charge is 0.228 e. The Labute approximate surface area is 320 Å². The van der Waals surface area contributed by atoms with Crippen molar-refractivity contribution in [2.75, 3.05) is 0 Å². The molecule has 0 amide bonds. The topological polar surface area (TPSA) is 49.6 Å². The summed E-state index contributed by atoms with van der Waals surface area (Å²) in [6, 6.07) is 64.2. The van der Waals surface area contributed by atoms with Gasteiger partial charge in [0.2, 0.25) is 0 Å². The van der Waals surface area contributed by atoms with Gasteiger partial charge in [-0.3, -0.25) is 0 Å². The van der Waals surface area contributed by atoms with Crippen LogP contribution >= 0.6 is 0 Å². The van der Waals surface area contributed by atoms with Gasteiger partial charge in [0.25, 0.3) is 0 Å². The summed E-state index contributed by atoms with van der Waals surface area (Å²) in [4.78, 5) is 10.4. The molecular weight excluding hydrogens is 667 g/mol. The first-order chi connectivity index (χ1) is 27.0. The first-order valence-electron chi connectivity index (χ1n) is 18.7. The second kappa shape index (κ2) is 12.8. The number of rotatable bonds is 5. The van der Waals surface area contributed by atoms with Crippen molar-refractivity contribution in [3.8, 4) is 73.4 Å². The van der Waals surface area contributed by atoms with Gasteiger partial charge in [0.15, 0.2) is 5.82 Å². The van der Waals surface area contributed by atoms with Gasteiger partial charge >= 0.3 is 0 Å². The molecule has 10 rings (SSSR count). The molecule has 0 saturated heterocycles. The molecule has 0 saturated carbocycles. The fraction of sp³-hybridized carbons (Fsp3) is 0.0577. The van der Waals surface area contributed by atoms with Gasteiger partial charge in [0.1, 0.15) is 0 Å². The Kier molecular flexibility index (Phi) is 7.54. The quantitative estimate of drug-likeness (QED) is 0.179. The Morgan fingerprint density at radius 1 is 0.436 bits per heavy atom. The van der Waals surface area contributed by atoms with E-state index in [0.717, 1.165) is 44.6 Å². The van der Waals surface area contributed by atoms with Gasteiger partial charge in [0, 0.05) is 22.1 Å². The van der Waals surface area contributed by atoms with Crippen molar-refractivity contribution < 1.29 is 0 Å². The van der Waals surface area contributed by atoms with Crippen molar-refractivity contribution in [2.24, 2.45) is 0 Å². The van der Waals surface area contributed by atoms with E-state index in [1.54, 1.807) is 0 Å². The molecule has 0 N–H and O–H groups in total.